The Labute approximate surface area is 121 Å². The molecular weight excluding hydrogens is 254 g/mol. The summed E-state index contributed by atoms with van der Waals surface area (Å²) in [5.74, 6) is 0.444. The van der Waals surface area contributed by atoms with Crippen molar-refractivity contribution in [2.45, 2.75) is 46.8 Å². The molecule has 1 unspecified atom stereocenters. The highest BCUT2D eigenvalue weighted by Gasteiger charge is 2.18. The van der Waals surface area contributed by atoms with Crippen LogP contribution in [-0.4, -0.2) is 25.2 Å². The van der Waals surface area contributed by atoms with Crippen LogP contribution in [0.1, 0.15) is 38.3 Å². The van der Waals surface area contributed by atoms with Crippen LogP contribution in [0.25, 0.3) is 0 Å². The molecule has 0 spiro atoms. The van der Waals surface area contributed by atoms with E-state index in [0.29, 0.717) is 6.61 Å². The zero-order valence-corrected chi connectivity index (χ0v) is 12.9. The first kappa shape index (κ1) is 16.5. The minimum Gasteiger partial charge on any atom is -0.478 e. The Morgan fingerprint density at radius 1 is 1.35 bits per heavy atom. The Morgan fingerprint density at radius 2 is 2.10 bits per heavy atom. The van der Waals surface area contributed by atoms with Gasteiger partial charge in [0.05, 0.1) is 6.61 Å². The van der Waals surface area contributed by atoms with Crippen LogP contribution in [0.3, 0.4) is 0 Å². The maximum atomic E-state index is 11.7. The summed E-state index contributed by atoms with van der Waals surface area (Å²) < 4.78 is 10.8. The van der Waals surface area contributed by atoms with E-state index in [-0.39, 0.29) is 5.97 Å². The molecule has 4 nitrogen and oxygen atoms in total. The van der Waals surface area contributed by atoms with E-state index >= 15 is 0 Å². The van der Waals surface area contributed by atoms with E-state index in [0.717, 1.165) is 36.4 Å². The van der Waals surface area contributed by atoms with Crippen molar-refractivity contribution >= 4 is 5.97 Å². The highest BCUT2D eigenvalue weighted by Crippen LogP contribution is 2.24. The van der Waals surface area contributed by atoms with Gasteiger partial charge in [-0.05, 0) is 39.3 Å². The summed E-state index contributed by atoms with van der Waals surface area (Å²) in [5.41, 5.74) is 2.09. The number of hydrogen-bond donors (Lipinski definition) is 1. The molecule has 20 heavy (non-hydrogen) atoms. The summed E-state index contributed by atoms with van der Waals surface area (Å²) in [6, 6.07) is 6.00. The Balaban J connectivity index is 2.78. The van der Waals surface area contributed by atoms with Crippen LogP contribution in [0.4, 0.5) is 0 Å². The van der Waals surface area contributed by atoms with Gasteiger partial charge in [-0.1, -0.05) is 25.1 Å². The first-order valence-electron chi connectivity index (χ1n) is 7.22. The zero-order valence-electron chi connectivity index (χ0n) is 12.9. The summed E-state index contributed by atoms with van der Waals surface area (Å²) in [4.78, 5) is 11.7. The van der Waals surface area contributed by atoms with Crippen LogP contribution < -0.4 is 10.1 Å². The van der Waals surface area contributed by atoms with Crippen molar-refractivity contribution in [3.8, 4) is 5.75 Å². The molecule has 0 aromatic heterocycles. The second kappa shape index (κ2) is 8.59. The number of benzene rings is 1. The lowest BCUT2D eigenvalue weighted by atomic mass is 10.1. The summed E-state index contributed by atoms with van der Waals surface area (Å²) in [6.07, 6.45) is 0.488. The molecular formula is C16H25NO3. The van der Waals surface area contributed by atoms with Gasteiger partial charge in [-0.25, -0.2) is 4.79 Å². The fourth-order valence-electron chi connectivity index (χ4n) is 1.91. The summed E-state index contributed by atoms with van der Waals surface area (Å²) in [6.45, 7) is 9.68. The van der Waals surface area contributed by atoms with Gasteiger partial charge in [0.25, 0.3) is 0 Å². The quantitative estimate of drug-likeness (QED) is 0.587. The maximum absolute atomic E-state index is 11.7. The number of ether oxygens (including phenoxy) is 2. The van der Waals surface area contributed by atoms with E-state index in [1.54, 1.807) is 13.8 Å². The Morgan fingerprint density at radius 3 is 2.75 bits per heavy atom. The third-order valence-electron chi connectivity index (χ3n) is 2.95. The number of rotatable bonds is 8. The summed E-state index contributed by atoms with van der Waals surface area (Å²) in [7, 11) is 0. The average Bonchev–Trinajstić information content (AvgIpc) is 2.42. The number of para-hydroxylation sites is 1. The smallest absolute Gasteiger partial charge is 0.347 e. The Bertz CT molecular complexity index is 432. The van der Waals surface area contributed by atoms with Crippen LogP contribution in [0.2, 0.25) is 0 Å². The van der Waals surface area contributed by atoms with Gasteiger partial charge in [0.15, 0.2) is 6.10 Å². The van der Waals surface area contributed by atoms with Crippen LogP contribution in [0, 0.1) is 6.92 Å². The van der Waals surface area contributed by atoms with Crippen LogP contribution in [0.15, 0.2) is 18.2 Å². The molecule has 0 aliphatic carbocycles. The van der Waals surface area contributed by atoms with Crippen LogP contribution in [-0.2, 0) is 16.1 Å². The van der Waals surface area contributed by atoms with Crippen LogP contribution in [0.5, 0.6) is 5.75 Å². The van der Waals surface area contributed by atoms with Gasteiger partial charge in [-0.2, -0.15) is 0 Å². The van der Waals surface area contributed by atoms with Gasteiger partial charge in [0.2, 0.25) is 0 Å². The fraction of sp³-hybridized carbons (Fsp3) is 0.562. The standard InChI is InChI=1S/C16H25NO3/c1-5-10-17-11-14-9-7-8-12(3)15(14)20-13(4)16(18)19-6-2/h7-9,13,17H,5-6,10-11H2,1-4H3. The van der Waals surface area contributed by atoms with E-state index in [2.05, 4.69) is 12.2 Å². The molecule has 0 radical (unpaired) electrons. The predicted octanol–water partition coefficient (Wildman–Crippen LogP) is 2.83. The second-order valence-electron chi connectivity index (χ2n) is 4.75. The van der Waals surface area contributed by atoms with Gasteiger partial charge < -0.3 is 14.8 Å². The molecule has 0 aliphatic heterocycles. The largest absolute Gasteiger partial charge is 0.478 e. The number of carbonyl (C=O) groups is 1. The van der Waals surface area contributed by atoms with E-state index in [4.69, 9.17) is 9.47 Å². The van der Waals surface area contributed by atoms with Crippen molar-refractivity contribution < 1.29 is 14.3 Å². The highest BCUT2D eigenvalue weighted by atomic mass is 16.6. The predicted molar refractivity (Wildman–Crippen MR) is 79.9 cm³/mol. The number of aryl methyl sites for hydroxylation is 1. The topological polar surface area (TPSA) is 47.6 Å². The third-order valence-corrected chi connectivity index (χ3v) is 2.95. The van der Waals surface area contributed by atoms with Gasteiger partial charge in [-0.15, -0.1) is 0 Å². The average molecular weight is 279 g/mol. The number of carbonyl (C=O) groups excluding carboxylic acids is 1. The van der Waals surface area contributed by atoms with E-state index in [1.165, 1.54) is 0 Å². The number of esters is 1. The van der Waals surface area contributed by atoms with E-state index in [9.17, 15) is 4.79 Å². The van der Waals surface area contributed by atoms with Crippen molar-refractivity contribution in [1.82, 2.24) is 5.32 Å². The van der Waals surface area contributed by atoms with Gasteiger partial charge >= 0.3 is 5.97 Å². The molecule has 0 bridgehead atoms. The molecule has 1 N–H and O–H groups in total. The normalized spacial score (nSPS) is 12.0. The molecule has 4 heteroatoms. The molecule has 112 valence electrons. The zero-order chi connectivity index (χ0) is 15.0. The Hall–Kier alpha value is -1.55. The fourth-order valence-corrected chi connectivity index (χ4v) is 1.91. The second-order valence-corrected chi connectivity index (χ2v) is 4.75. The highest BCUT2D eigenvalue weighted by molar-refractivity contribution is 5.74. The molecule has 1 aromatic carbocycles. The first-order chi connectivity index (χ1) is 9.60. The minimum absolute atomic E-state index is 0.330. The minimum atomic E-state index is -0.596. The summed E-state index contributed by atoms with van der Waals surface area (Å²) >= 11 is 0. The van der Waals surface area contributed by atoms with Crippen LogP contribution >= 0.6 is 0 Å². The lowest BCUT2D eigenvalue weighted by Crippen LogP contribution is -2.27. The first-order valence-corrected chi connectivity index (χ1v) is 7.22. The van der Waals surface area contributed by atoms with E-state index in [1.807, 2.05) is 25.1 Å². The SMILES string of the molecule is CCCNCc1cccc(C)c1OC(C)C(=O)OCC. The van der Waals surface area contributed by atoms with Gasteiger partial charge in [0.1, 0.15) is 5.75 Å². The van der Waals surface area contributed by atoms with Crippen molar-refractivity contribution in [3.63, 3.8) is 0 Å². The van der Waals surface area contributed by atoms with Crippen molar-refractivity contribution in [3.05, 3.63) is 29.3 Å². The molecule has 0 aliphatic rings. The molecule has 0 saturated heterocycles. The number of nitrogens with one attached hydrogen (secondary N) is 1. The maximum Gasteiger partial charge on any atom is 0.347 e. The van der Waals surface area contributed by atoms with Crippen molar-refractivity contribution in [2.75, 3.05) is 13.2 Å². The van der Waals surface area contributed by atoms with E-state index < -0.39 is 6.10 Å². The Kier molecular flexibility index (Phi) is 7.09. The molecule has 0 saturated carbocycles. The molecule has 1 aromatic rings. The molecule has 0 amide bonds. The van der Waals surface area contributed by atoms with Gasteiger partial charge in [0, 0.05) is 12.1 Å². The third kappa shape index (κ3) is 4.85. The molecule has 0 fully saturated rings. The van der Waals surface area contributed by atoms with Crippen molar-refractivity contribution in [2.24, 2.45) is 0 Å². The number of hydrogen-bond acceptors (Lipinski definition) is 4. The molecule has 1 rings (SSSR count). The monoisotopic (exact) mass is 279 g/mol. The molecule has 0 heterocycles. The van der Waals surface area contributed by atoms with Crippen molar-refractivity contribution in [1.29, 1.82) is 0 Å². The van der Waals surface area contributed by atoms with Gasteiger partial charge in [-0.3, -0.25) is 0 Å². The lowest BCUT2D eigenvalue weighted by Gasteiger charge is -2.18. The molecule has 1 atom stereocenters. The summed E-state index contributed by atoms with van der Waals surface area (Å²) in [5, 5.41) is 3.35. The lowest BCUT2D eigenvalue weighted by molar-refractivity contribution is -0.150.